The number of ether oxygens (including phenoxy) is 1. The molecule has 0 bridgehead atoms. The van der Waals surface area contributed by atoms with Gasteiger partial charge in [-0.1, -0.05) is 18.2 Å². The zero-order chi connectivity index (χ0) is 11.4. The van der Waals surface area contributed by atoms with Crippen LogP contribution in [0.4, 0.5) is 0 Å². The normalized spacial score (nSPS) is 10.4. The molecule has 0 atom stereocenters. The zero-order valence-electron chi connectivity index (χ0n) is 9.01. The molecule has 4 heteroatoms. The Labute approximate surface area is 105 Å². The van der Waals surface area contributed by atoms with Crippen LogP contribution in [0.3, 0.4) is 0 Å². The second kappa shape index (κ2) is 5.37. The van der Waals surface area contributed by atoms with E-state index in [9.17, 15) is 0 Å². The molecule has 2 aromatic rings. The van der Waals surface area contributed by atoms with E-state index in [2.05, 4.69) is 29.1 Å². The van der Waals surface area contributed by atoms with Crippen LogP contribution < -0.4 is 4.74 Å². The molecule has 84 valence electrons. The third-order valence-corrected chi connectivity index (χ3v) is 3.52. The van der Waals surface area contributed by atoms with E-state index < -0.39 is 0 Å². The Hall–Kier alpha value is -1.000. The summed E-state index contributed by atoms with van der Waals surface area (Å²) in [5.41, 5.74) is 2.21. The van der Waals surface area contributed by atoms with Crippen LogP contribution >= 0.6 is 24.0 Å². The van der Waals surface area contributed by atoms with E-state index in [1.807, 2.05) is 18.2 Å². The summed E-state index contributed by atoms with van der Waals surface area (Å²) in [4.78, 5) is 4.49. The van der Waals surface area contributed by atoms with E-state index in [0.29, 0.717) is 5.75 Å². The quantitative estimate of drug-likeness (QED) is 0.843. The van der Waals surface area contributed by atoms with Crippen molar-refractivity contribution in [3.8, 4) is 5.75 Å². The first-order valence-electron chi connectivity index (χ1n) is 4.99. The van der Waals surface area contributed by atoms with Crippen molar-refractivity contribution < 1.29 is 4.74 Å². The van der Waals surface area contributed by atoms with Crippen molar-refractivity contribution in [2.24, 2.45) is 0 Å². The van der Waals surface area contributed by atoms with Gasteiger partial charge in [-0.2, -0.15) is 12.6 Å². The predicted molar refractivity (Wildman–Crippen MR) is 70.6 cm³/mol. The lowest BCUT2D eigenvalue weighted by molar-refractivity contribution is 0.410. The number of thiazole rings is 1. The third kappa shape index (κ3) is 2.57. The highest BCUT2D eigenvalue weighted by molar-refractivity contribution is 7.79. The molecular weight excluding hydrogens is 238 g/mol. The molecule has 2 nitrogen and oxygen atoms in total. The second-order valence-corrected chi connectivity index (χ2v) is 4.64. The van der Waals surface area contributed by atoms with Gasteiger partial charge >= 0.3 is 0 Å². The van der Waals surface area contributed by atoms with Crippen LogP contribution in [0, 0.1) is 0 Å². The van der Waals surface area contributed by atoms with Gasteiger partial charge in [0.1, 0.15) is 5.75 Å². The van der Waals surface area contributed by atoms with Crippen LogP contribution in [-0.2, 0) is 12.2 Å². The number of thiol groups is 1. The van der Waals surface area contributed by atoms with Crippen LogP contribution in [0.15, 0.2) is 29.6 Å². The molecule has 0 unspecified atom stereocenters. The molecule has 2 rings (SSSR count). The van der Waals surface area contributed by atoms with Crippen LogP contribution in [0.25, 0.3) is 0 Å². The molecule has 0 radical (unpaired) electrons. The summed E-state index contributed by atoms with van der Waals surface area (Å²) in [6.07, 6.45) is 0.822. The van der Waals surface area contributed by atoms with Gasteiger partial charge in [-0.25, -0.2) is 4.98 Å². The number of hydrogen-bond acceptors (Lipinski definition) is 4. The SMILES string of the molecule is COc1ccccc1Cc1nc(CS)cs1. The van der Waals surface area contributed by atoms with Gasteiger partial charge in [0.15, 0.2) is 0 Å². The highest BCUT2D eigenvalue weighted by atomic mass is 32.1. The Balaban J connectivity index is 2.19. The molecule has 0 saturated carbocycles. The van der Waals surface area contributed by atoms with Crippen molar-refractivity contribution in [2.45, 2.75) is 12.2 Å². The summed E-state index contributed by atoms with van der Waals surface area (Å²) in [6.45, 7) is 0. The lowest BCUT2D eigenvalue weighted by Gasteiger charge is -2.05. The Morgan fingerprint density at radius 1 is 1.38 bits per heavy atom. The van der Waals surface area contributed by atoms with Gasteiger partial charge in [-0.05, 0) is 6.07 Å². The van der Waals surface area contributed by atoms with Gasteiger partial charge in [-0.3, -0.25) is 0 Å². The number of para-hydroxylation sites is 1. The maximum Gasteiger partial charge on any atom is 0.122 e. The van der Waals surface area contributed by atoms with Crippen molar-refractivity contribution >= 4 is 24.0 Å². The summed E-state index contributed by atoms with van der Waals surface area (Å²) in [5.74, 6) is 1.62. The molecule has 1 aromatic heterocycles. The second-order valence-electron chi connectivity index (χ2n) is 3.38. The monoisotopic (exact) mass is 251 g/mol. The molecule has 16 heavy (non-hydrogen) atoms. The first-order chi connectivity index (χ1) is 7.83. The van der Waals surface area contributed by atoms with Gasteiger partial charge < -0.3 is 4.74 Å². The molecule has 0 fully saturated rings. The topological polar surface area (TPSA) is 22.1 Å². The predicted octanol–water partition coefficient (Wildman–Crippen LogP) is 3.17. The van der Waals surface area contributed by atoms with E-state index in [-0.39, 0.29) is 0 Å². The van der Waals surface area contributed by atoms with Crippen molar-refractivity contribution in [2.75, 3.05) is 7.11 Å². The van der Waals surface area contributed by atoms with Crippen LogP contribution in [-0.4, -0.2) is 12.1 Å². The number of rotatable bonds is 4. The van der Waals surface area contributed by atoms with Gasteiger partial charge in [-0.15, -0.1) is 11.3 Å². The van der Waals surface area contributed by atoms with E-state index in [4.69, 9.17) is 4.74 Å². The van der Waals surface area contributed by atoms with Gasteiger partial charge in [0, 0.05) is 23.1 Å². The highest BCUT2D eigenvalue weighted by Crippen LogP contribution is 2.22. The summed E-state index contributed by atoms with van der Waals surface area (Å²) in [6, 6.07) is 8.04. The van der Waals surface area contributed by atoms with Gasteiger partial charge in [0.05, 0.1) is 17.8 Å². The molecule has 1 aromatic carbocycles. The summed E-state index contributed by atoms with van der Waals surface area (Å²) in [7, 11) is 1.69. The molecule has 0 amide bonds. The first-order valence-corrected chi connectivity index (χ1v) is 6.50. The lowest BCUT2D eigenvalue weighted by atomic mass is 10.1. The minimum absolute atomic E-state index is 0.697. The fourth-order valence-corrected chi connectivity index (χ4v) is 2.62. The largest absolute Gasteiger partial charge is 0.496 e. The van der Waals surface area contributed by atoms with Crippen molar-refractivity contribution in [3.63, 3.8) is 0 Å². The van der Waals surface area contributed by atoms with Crippen LogP contribution in [0.2, 0.25) is 0 Å². The molecule has 0 aliphatic heterocycles. The molecule has 0 N–H and O–H groups in total. The Morgan fingerprint density at radius 3 is 2.88 bits per heavy atom. The van der Waals surface area contributed by atoms with Crippen molar-refractivity contribution in [1.82, 2.24) is 4.98 Å². The van der Waals surface area contributed by atoms with E-state index in [1.165, 1.54) is 5.56 Å². The summed E-state index contributed by atoms with van der Waals surface area (Å²) in [5, 5.41) is 3.16. The average molecular weight is 251 g/mol. The molecule has 0 saturated heterocycles. The Bertz CT molecular complexity index is 468. The minimum atomic E-state index is 0.697. The Morgan fingerprint density at radius 2 is 2.19 bits per heavy atom. The number of aromatic nitrogens is 1. The van der Waals surface area contributed by atoms with Gasteiger partial charge in [0.2, 0.25) is 0 Å². The van der Waals surface area contributed by atoms with Crippen molar-refractivity contribution in [1.29, 1.82) is 0 Å². The average Bonchev–Trinajstić information content (AvgIpc) is 2.77. The number of benzene rings is 1. The number of nitrogens with zero attached hydrogens (tertiary/aromatic N) is 1. The minimum Gasteiger partial charge on any atom is -0.496 e. The molecule has 0 aliphatic carbocycles. The van der Waals surface area contributed by atoms with Crippen LogP contribution in [0.5, 0.6) is 5.75 Å². The van der Waals surface area contributed by atoms with E-state index in [0.717, 1.165) is 22.9 Å². The maximum absolute atomic E-state index is 5.31. The Kier molecular flexibility index (Phi) is 3.85. The zero-order valence-corrected chi connectivity index (χ0v) is 10.7. The standard InChI is InChI=1S/C12H13NOS2/c1-14-11-5-3-2-4-9(11)6-12-13-10(7-15)8-16-12/h2-5,8,15H,6-7H2,1H3. The third-order valence-electron chi connectivity index (χ3n) is 2.30. The van der Waals surface area contributed by atoms with E-state index >= 15 is 0 Å². The van der Waals surface area contributed by atoms with Crippen molar-refractivity contribution in [3.05, 3.63) is 45.9 Å². The summed E-state index contributed by atoms with van der Waals surface area (Å²) >= 11 is 5.88. The highest BCUT2D eigenvalue weighted by Gasteiger charge is 2.06. The summed E-state index contributed by atoms with van der Waals surface area (Å²) < 4.78 is 5.31. The fraction of sp³-hybridized carbons (Fsp3) is 0.250. The molecule has 0 aliphatic rings. The van der Waals surface area contributed by atoms with Gasteiger partial charge in [0.25, 0.3) is 0 Å². The lowest BCUT2D eigenvalue weighted by Crippen LogP contribution is -1.93. The maximum atomic E-state index is 5.31. The number of methoxy groups -OCH3 is 1. The smallest absolute Gasteiger partial charge is 0.122 e. The first kappa shape index (κ1) is 11.5. The van der Waals surface area contributed by atoms with E-state index in [1.54, 1.807) is 18.4 Å². The molecular formula is C12H13NOS2. The molecule has 0 spiro atoms. The fourth-order valence-electron chi connectivity index (χ4n) is 1.51. The molecule has 1 heterocycles. The number of hydrogen-bond donors (Lipinski definition) is 1. The van der Waals surface area contributed by atoms with Crippen LogP contribution in [0.1, 0.15) is 16.3 Å².